The van der Waals surface area contributed by atoms with Gasteiger partial charge in [-0.05, 0) is 53.7 Å². The van der Waals surface area contributed by atoms with Gasteiger partial charge in [-0.25, -0.2) is 4.98 Å². The third-order valence-corrected chi connectivity index (χ3v) is 3.90. The van der Waals surface area contributed by atoms with Crippen LogP contribution in [0.4, 0.5) is 13.2 Å². The van der Waals surface area contributed by atoms with Crippen molar-refractivity contribution >= 4 is 15.9 Å². The molecule has 1 N–H and O–H groups in total. The lowest BCUT2D eigenvalue weighted by atomic mass is 9.93. The highest BCUT2D eigenvalue weighted by Crippen LogP contribution is 2.24. The van der Waals surface area contributed by atoms with Gasteiger partial charge in [-0.3, -0.25) is 0 Å². The Morgan fingerprint density at radius 2 is 2.14 bits per heavy atom. The van der Waals surface area contributed by atoms with Gasteiger partial charge in [0.1, 0.15) is 11.2 Å². The number of ether oxygens (including phenoxy) is 1. The van der Waals surface area contributed by atoms with Gasteiger partial charge in [0.15, 0.2) is 0 Å². The van der Waals surface area contributed by atoms with E-state index in [4.69, 9.17) is 4.74 Å². The number of hydrogen-bond acceptors (Lipinski definition) is 3. The molecule has 0 aromatic carbocycles. The molecule has 7 heteroatoms. The Morgan fingerprint density at radius 3 is 2.86 bits per heavy atom. The van der Waals surface area contributed by atoms with Gasteiger partial charge in [0, 0.05) is 12.6 Å². The molecule has 0 spiro atoms. The summed E-state index contributed by atoms with van der Waals surface area (Å²) in [5.74, 6) is 0. The fraction of sp³-hybridized carbons (Fsp3) is 0.643. The molecule has 118 valence electrons. The number of alkyl halides is 3. The Bertz CT molecular complexity index is 456. The lowest BCUT2D eigenvalue weighted by molar-refractivity contribution is -0.188. The van der Waals surface area contributed by atoms with E-state index in [9.17, 15) is 13.2 Å². The first kappa shape index (κ1) is 16.7. The van der Waals surface area contributed by atoms with E-state index >= 15 is 0 Å². The van der Waals surface area contributed by atoms with Crippen molar-refractivity contribution in [3.63, 3.8) is 0 Å². The molecule has 0 saturated heterocycles. The van der Waals surface area contributed by atoms with Gasteiger partial charge in [-0.1, -0.05) is 6.07 Å². The molecule has 1 aromatic heterocycles. The summed E-state index contributed by atoms with van der Waals surface area (Å²) in [5, 5.41) is 3.35. The zero-order valence-corrected chi connectivity index (χ0v) is 13.1. The molecule has 3 nitrogen and oxygen atoms in total. The van der Waals surface area contributed by atoms with Crippen molar-refractivity contribution in [1.82, 2.24) is 10.3 Å². The Kier molecular flexibility index (Phi) is 6.01. The normalized spacial score (nSPS) is 23.2. The van der Waals surface area contributed by atoms with Crippen LogP contribution in [0.5, 0.6) is 0 Å². The van der Waals surface area contributed by atoms with Crippen LogP contribution in [0, 0.1) is 0 Å². The predicted molar refractivity (Wildman–Crippen MR) is 76.8 cm³/mol. The molecule has 2 unspecified atom stereocenters. The Hall–Kier alpha value is -0.660. The van der Waals surface area contributed by atoms with Gasteiger partial charge in [0.2, 0.25) is 0 Å². The summed E-state index contributed by atoms with van der Waals surface area (Å²) in [4.78, 5) is 4.32. The molecule has 1 saturated carbocycles. The average Bonchev–Trinajstić information content (AvgIpc) is 2.43. The van der Waals surface area contributed by atoms with Crippen molar-refractivity contribution in [3.05, 3.63) is 28.5 Å². The summed E-state index contributed by atoms with van der Waals surface area (Å²) in [7, 11) is 0. The van der Waals surface area contributed by atoms with Crippen molar-refractivity contribution in [2.75, 3.05) is 6.61 Å². The topological polar surface area (TPSA) is 34.1 Å². The highest BCUT2D eigenvalue weighted by molar-refractivity contribution is 9.10. The van der Waals surface area contributed by atoms with Gasteiger partial charge in [0.25, 0.3) is 0 Å². The Morgan fingerprint density at radius 1 is 1.33 bits per heavy atom. The number of rotatable bonds is 5. The molecule has 2 atom stereocenters. The SMILES string of the molecule is FC(F)(F)COC1CCCC(NCc2cccc(Br)n2)C1. The third-order valence-electron chi connectivity index (χ3n) is 3.45. The Labute approximate surface area is 130 Å². The predicted octanol–water partition coefficient (Wildman–Crippen LogP) is 3.82. The number of nitrogens with one attached hydrogen (secondary N) is 1. The standard InChI is InChI=1S/C14H18BrF3N2O/c15-13-6-2-4-11(20-13)8-19-10-3-1-5-12(7-10)21-9-14(16,17)18/h2,4,6,10,12,19H,1,3,5,7-9H2. The second-order valence-corrected chi connectivity index (χ2v) is 6.06. The van der Waals surface area contributed by atoms with Crippen LogP contribution in [0.15, 0.2) is 22.8 Å². The summed E-state index contributed by atoms with van der Waals surface area (Å²) in [6, 6.07) is 5.85. The number of nitrogens with zero attached hydrogens (tertiary/aromatic N) is 1. The van der Waals surface area contributed by atoms with Gasteiger partial charge in [-0.15, -0.1) is 0 Å². The molecule has 1 heterocycles. The lowest BCUT2D eigenvalue weighted by Gasteiger charge is -2.30. The molecule has 0 aliphatic heterocycles. The van der Waals surface area contributed by atoms with Gasteiger partial charge in [-0.2, -0.15) is 13.2 Å². The van der Waals surface area contributed by atoms with Crippen LogP contribution in [0.3, 0.4) is 0 Å². The summed E-state index contributed by atoms with van der Waals surface area (Å²) in [6.07, 6.45) is -1.41. The number of halogens is 4. The molecule has 1 aliphatic rings. The first-order valence-electron chi connectivity index (χ1n) is 6.95. The minimum Gasteiger partial charge on any atom is -0.369 e. The lowest BCUT2D eigenvalue weighted by Crippen LogP contribution is -2.38. The van der Waals surface area contributed by atoms with E-state index in [0.29, 0.717) is 19.4 Å². The zero-order valence-electron chi connectivity index (χ0n) is 11.5. The summed E-state index contributed by atoms with van der Waals surface area (Å²) < 4.78 is 42.2. The van der Waals surface area contributed by atoms with Gasteiger partial charge < -0.3 is 10.1 Å². The largest absolute Gasteiger partial charge is 0.411 e. The molecule has 21 heavy (non-hydrogen) atoms. The van der Waals surface area contributed by atoms with E-state index in [1.54, 1.807) is 0 Å². The third kappa shape index (κ3) is 6.32. The fourth-order valence-corrected chi connectivity index (χ4v) is 2.87. The monoisotopic (exact) mass is 366 g/mol. The second-order valence-electron chi connectivity index (χ2n) is 5.24. The van der Waals surface area contributed by atoms with E-state index in [-0.39, 0.29) is 12.1 Å². The molecule has 1 fully saturated rings. The van der Waals surface area contributed by atoms with Crippen LogP contribution in [0.1, 0.15) is 31.4 Å². The first-order valence-corrected chi connectivity index (χ1v) is 7.75. The number of aromatic nitrogens is 1. The molecular weight excluding hydrogens is 349 g/mol. The zero-order chi connectivity index (χ0) is 15.3. The average molecular weight is 367 g/mol. The highest BCUT2D eigenvalue weighted by atomic mass is 79.9. The van der Waals surface area contributed by atoms with Crippen molar-refractivity contribution in [2.45, 2.75) is 50.6 Å². The molecule has 0 bridgehead atoms. The van der Waals surface area contributed by atoms with E-state index in [1.807, 2.05) is 18.2 Å². The van der Waals surface area contributed by atoms with Crippen molar-refractivity contribution in [2.24, 2.45) is 0 Å². The summed E-state index contributed by atoms with van der Waals surface area (Å²) >= 11 is 3.31. The molecule has 0 radical (unpaired) electrons. The molecule has 1 aromatic rings. The maximum absolute atomic E-state index is 12.2. The maximum atomic E-state index is 12.2. The van der Waals surface area contributed by atoms with Crippen LogP contribution in [-0.4, -0.2) is 29.9 Å². The van der Waals surface area contributed by atoms with Crippen LogP contribution in [-0.2, 0) is 11.3 Å². The summed E-state index contributed by atoms with van der Waals surface area (Å²) in [5.41, 5.74) is 0.905. The van der Waals surface area contributed by atoms with Crippen LogP contribution in [0.2, 0.25) is 0 Å². The van der Waals surface area contributed by atoms with E-state index in [2.05, 4.69) is 26.2 Å². The van der Waals surface area contributed by atoms with E-state index in [0.717, 1.165) is 23.1 Å². The van der Waals surface area contributed by atoms with Gasteiger partial charge in [0.05, 0.1) is 11.8 Å². The quantitative estimate of drug-likeness (QED) is 0.804. The second kappa shape index (κ2) is 7.56. The van der Waals surface area contributed by atoms with Crippen molar-refractivity contribution < 1.29 is 17.9 Å². The van der Waals surface area contributed by atoms with E-state index in [1.165, 1.54) is 0 Å². The maximum Gasteiger partial charge on any atom is 0.411 e. The van der Waals surface area contributed by atoms with Crippen LogP contribution >= 0.6 is 15.9 Å². The highest BCUT2D eigenvalue weighted by Gasteiger charge is 2.31. The van der Waals surface area contributed by atoms with Gasteiger partial charge >= 0.3 is 6.18 Å². The number of hydrogen-bond donors (Lipinski definition) is 1. The number of pyridine rings is 1. The smallest absolute Gasteiger partial charge is 0.369 e. The Balaban J connectivity index is 1.76. The fourth-order valence-electron chi connectivity index (χ4n) is 2.49. The minimum absolute atomic E-state index is 0.178. The van der Waals surface area contributed by atoms with Crippen LogP contribution in [0.25, 0.3) is 0 Å². The van der Waals surface area contributed by atoms with Crippen LogP contribution < -0.4 is 5.32 Å². The molecular formula is C14H18BrF3N2O. The molecule has 1 aliphatic carbocycles. The minimum atomic E-state index is -4.25. The first-order chi connectivity index (χ1) is 9.92. The van der Waals surface area contributed by atoms with Crippen molar-refractivity contribution in [1.29, 1.82) is 0 Å². The summed E-state index contributed by atoms with van der Waals surface area (Å²) in [6.45, 7) is -0.548. The molecule has 2 rings (SSSR count). The van der Waals surface area contributed by atoms with Crippen molar-refractivity contribution in [3.8, 4) is 0 Å². The molecule has 0 amide bonds. The van der Waals surface area contributed by atoms with E-state index < -0.39 is 12.8 Å².